The van der Waals surface area contributed by atoms with Crippen molar-refractivity contribution in [1.82, 2.24) is 9.55 Å². The van der Waals surface area contributed by atoms with Crippen molar-refractivity contribution in [3.05, 3.63) is 71.0 Å². The van der Waals surface area contributed by atoms with Gasteiger partial charge in [0.05, 0.1) is 22.2 Å². The normalized spacial score (nSPS) is 10.7. The largest absolute Gasteiger partial charge is 0.324 e. The maximum atomic E-state index is 12.2. The molecule has 0 fully saturated rings. The second kappa shape index (κ2) is 7.76. The standard InChI is InChI=1S/C19H18ClN3OS/c1-13-7-8-16(15(20)11-13)22-18(24)12-25-19-21-9-10-23(19)17-6-4-3-5-14(17)2/h3-11H,12H2,1-2H3,(H,22,24). The van der Waals surface area contributed by atoms with E-state index in [4.69, 9.17) is 11.6 Å². The lowest BCUT2D eigenvalue weighted by Crippen LogP contribution is -2.15. The summed E-state index contributed by atoms with van der Waals surface area (Å²) >= 11 is 7.55. The Balaban J connectivity index is 1.67. The van der Waals surface area contributed by atoms with Gasteiger partial charge in [-0.05, 0) is 43.2 Å². The van der Waals surface area contributed by atoms with Crippen LogP contribution in [0.25, 0.3) is 5.69 Å². The van der Waals surface area contributed by atoms with E-state index in [-0.39, 0.29) is 11.7 Å². The van der Waals surface area contributed by atoms with E-state index in [9.17, 15) is 4.79 Å². The van der Waals surface area contributed by atoms with Gasteiger partial charge in [-0.15, -0.1) is 0 Å². The fourth-order valence-electron chi connectivity index (χ4n) is 2.45. The first-order chi connectivity index (χ1) is 12.0. The van der Waals surface area contributed by atoms with Crippen LogP contribution in [0.3, 0.4) is 0 Å². The zero-order valence-electron chi connectivity index (χ0n) is 14.0. The van der Waals surface area contributed by atoms with Crippen molar-refractivity contribution in [3.63, 3.8) is 0 Å². The molecule has 1 heterocycles. The number of aromatic nitrogens is 2. The monoisotopic (exact) mass is 371 g/mol. The first-order valence-electron chi connectivity index (χ1n) is 7.83. The second-order valence-electron chi connectivity index (χ2n) is 5.69. The lowest BCUT2D eigenvalue weighted by atomic mass is 10.2. The molecule has 1 amide bonds. The molecule has 0 bridgehead atoms. The molecule has 4 nitrogen and oxygen atoms in total. The number of thioether (sulfide) groups is 1. The van der Waals surface area contributed by atoms with Gasteiger partial charge in [0.2, 0.25) is 5.91 Å². The van der Waals surface area contributed by atoms with Gasteiger partial charge in [0.1, 0.15) is 0 Å². The average Bonchev–Trinajstić information content (AvgIpc) is 3.04. The third-order valence-electron chi connectivity index (χ3n) is 3.71. The number of nitrogens with zero attached hydrogens (tertiary/aromatic N) is 2. The number of hydrogen-bond donors (Lipinski definition) is 1. The van der Waals surface area contributed by atoms with E-state index >= 15 is 0 Å². The van der Waals surface area contributed by atoms with Gasteiger partial charge in [0.25, 0.3) is 0 Å². The maximum absolute atomic E-state index is 12.2. The fourth-order valence-corrected chi connectivity index (χ4v) is 3.50. The minimum absolute atomic E-state index is 0.116. The summed E-state index contributed by atoms with van der Waals surface area (Å²) in [7, 11) is 0. The molecule has 2 aromatic carbocycles. The molecule has 0 saturated carbocycles. The zero-order chi connectivity index (χ0) is 17.8. The van der Waals surface area contributed by atoms with E-state index < -0.39 is 0 Å². The molecular weight excluding hydrogens is 354 g/mol. The predicted molar refractivity (Wildman–Crippen MR) is 104 cm³/mol. The quantitative estimate of drug-likeness (QED) is 0.650. The van der Waals surface area contributed by atoms with E-state index in [1.54, 1.807) is 6.20 Å². The Kier molecular flexibility index (Phi) is 5.46. The molecule has 1 N–H and O–H groups in total. The minimum Gasteiger partial charge on any atom is -0.324 e. The molecule has 0 spiro atoms. The number of aryl methyl sites for hydroxylation is 2. The first-order valence-corrected chi connectivity index (χ1v) is 9.19. The topological polar surface area (TPSA) is 46.9 Å². The number of imidazole rings is 1. The van der Waals surface area contributed by atoms with Crippen molar-refractivity contribution in [3.8, 4) is 5.69 Å². The summed E-state index contributed by atoms with van der Waals surface area (Å²) in [5.41, 5.74) is 3.89. The summed E-state index contributed by atoms with van der Waals surface area (Å²) in [4.78, 5) is 16.6. The lowest BCUT2D eigenvalue weighted by Gasteiger charge is -2.11. The van der Waals surface area contributed by atoms with E-state index in [1.807, 2.05) is 54.1 Å². The van der Waals surface area contributed by atoms with Crippen LogP contribution in [0.15, 0.2) is 60.0 Å². The molecule has 0 aliphatic heterocycles. The van der Waals surface area contributed by atoms with Crippen LogP contribution in [0.1, 0.15) is 11.1 Å². The number of para-hydroxylation sites is 1. The third kappa shape index (κ3) is 4.24. The molecule has 0 saturated heterocycles. The van der Waals surface area contributed by atoms with Crippen molar-refractivity contribution in [2.45, 2.75) is 19.0 Å². The highest BCUT2D eigenvalue weighted by molar-refractivity contribution is 7.99. The van der Waals surface area contributed by atoms with Gasteiger partial charge in [0.15, 0.2) is 5.16 Å². The number of halogens is 1. The summed E-state index contributed by atoms with van der Waals surface area (Å²) < 4.78 is 1.99. The molecule has 0 radical (unpaired) electrons. The predicted octanol–water partition coefficient (Wildman–Crippen LogP) is 4.87. The van der Waals surface area contributed by atoms with Crippen LogP contribution in [0.5, 0.6) is 0 Å². The molecule has 3 rings (SSSR count). The summed E-state index contributed by atoms with van der Waals surface area (Å²) in [6.45, 7) is 4.01. The van der Waals surface area contributed by atoms with Crippen LogP contribution in [0.4, 0.5) is 5.69 Å². The zero-order valence-corrected chi connectivity index (χ0v) is 15.6. The fraction of sp³-hybridized carbons (Fsp3) is 0.158. The lowest BCUT2D eigenvalue weighted by molar-refractivity contribution is -0.113. The Hall–Kier alpha value is -2.24. The average molecular weight is 372 g/mol. The third-order valence-corrected chi connectivity index (χ3v) is 4.99. The number of anilines is 1. The van der Waals surface area contributed by atoms with Gasteiger partial charge < -0.3 is 5.32 Å². The Bertz CT molecular complexity index is 907. The molecule has 0 atom stereocenters. The Morgan fingerprint density at radius 3 is 2.80 bits per heavy atom. The smallest absolute Gasteiger partial charge is 0.234 e. The number of carbonyl (C=O) groups is 1. The highest BCUT2D eigenvalue weighted by atomic mass is 35.5. The van der Waals surface area contributed by atoms with Crippen LogP contribution < -0.4 is 5.32 Å². The Labute approximate surface area is 156 Å². The molecule has 0 aliphatic carbocycles. The number of hydrogen-bond acceptors (Lipinski definition) is 3. The summed E-state index contributed by atoms with van der Waals surface area (Å²) in [5, 5.41) is 4.16. The Morgan fingerprint density at radius 2 is 2.04 bits per heavy atom. The van der Waals surface area contributed by atoms with Gasteiger partial charge in [-0.25, -0.2) is 4.98 Å². The van der Waals surface area contributed by atoms with Crippen LogP contribution in [-0.2, 0) is 4.79 Å². The van der Waals surface area contributed by atoms with Crippen molar-refractivity contribution in [2.75, 3.05) is 11.1 Å². The van der Waals surface area contributed by atoms with Gasteiger partial charge in [-0.1, -0.05) is 47.6 Å². The van der Waals surface area contributed by atoms with Crippen LogP contribution >= 0.6 is 23.4 Å². The Morgan fingerprint density at radius 1 is 1.24 bits per heavy atom. The van der Waals surface area contributed by atoms with Crippen molar-refractivity contribution < 1.29 is 4.79 Å². The van der Waals surface area contributed by atoms with E-state index in [0.29, 0.717) is 10.7 Å². The minimum atomic E-state index is -0.116. The molecule has 0 unspecified atom stereocenters. The highest BCUT2D eigenvalue weighted by Gasteiger charge is 2.11. The van der Waals surface area contributed by atoms with Crippen LogP contribution in [0.2, 0.25) is 5.02 Å². The number of amides is 1. The van der Waals surface area contributed by atoms with Crippen molar-refractivity contribution in [2.24, 2.45) is 0 Å². The SMILES string of the molecule is Cc1ccc(NC(=O)CSc2nccn2-c2ccccc2C)c(Cl)c1. The summed E-state index contributed by atoms with van der Waals surface area (Å²) in [6, 6.07) is 13.6. The number of carbonyl (C=O) groups excluding carboxylic acids is 1. The van der Waals surface area contributed by atoms with E-state index in [2.05, 4.69) is 23.3 Å². The number of rotatable bonds is 5. The highest BCUT2D eigenvalue weighted by Crippen LogP contribution is 2.25. The van der Waals surface area contributed by atoms with Crippen molar-refractivity contribution in [1.29, 1.82) is 0 Å². The van der Waals surface area contributed by atoms with Crippen molar-refractivity contribution >= 4 is 35.0 Å². The molecule has 1 aromatic heterocycles. The van der Waals surface area contributed by atoms with E-state index in [1.165, 1.54) is 11.8 Å². The summed E-state index contributed by atoms with van der Waals surface area (Å²) in [5.74, 6) is 0.141. The molecule has 6 heteroatoms. The van der Waals surface area contributed by atoms with Crippen LogP contribution in [-0.4, -0.2) is 21.2 Å². The van der Waals surface area contributed by atoms with Crippen LogP contribution in [0, 0.1) is 13.8 Å². The number of benzene rings is 2. The van der Waals surface area contributed by atoms with Gasteiger partial charge in [-0.2, -0.15) is 0 Å². The molecule has 25 heavy (non-hydrogen) atoms. The van der Waals surface area contributed by atoms with Gasteiger partial charge >= 0.3 is 0 Å². The summed E-state index contributed by atoms with van der Waals surface area (Å²) in [6.07, 6.45) is 3.64. The second-order valence-corrected chi connectivity index (χ2v) is 7.04. The maximum Gasteiger partial charge on any atom is 0.234 e. The molecular formula is C19H18ClN3OS. The van der Waals surface area contributed by atoms with E-state index in [0.717, 1.165) is 22.0 Å². The van der Waals surface area contributed by atoms with Gasteiger partial charge in [0, 0.05) is 12.4 Å². The molecule has 128 valence electrons. The molecule has 3 aromatic rings. The number of nitrogens with one attached hydrogen (secondary N) is 1. The first kappa shape index (κ1) is 17.6. The molecule has 0 aliphatic rings. The van der Waals surface area contributed by atoms with Gasteiger partial charge in [-0.3, -0.25) is 9.36 Å².